The molecule has 17 heavy (non-hydrogen) atoms. The number of nitrogens with one attached hydrogen (secondary N) is 1. The molecule has 0 bridgehead atoms. The summed E-state index contributed by atoms with van der Waals surface area (Å²) < 4.78 is 5.73. The number of aromatic nitrogens is 1. The monoisotopic (exact) mass is 232 g/mol. The van der Waals surface area contributed by atoms with Gasteiger partial charge in [0.05, 0.1) is 0 Å². The van der Waals surface area contributed by atoms with Gasteiger partial charge in [-0.2, -0.15) is 0 Å². The molecule has 0 radical (unpaired) electrons. The van der Waals surface area contributed by atoms with Gasteiger partial charge in [-0.25, -0.2) is 4.98 Å². The van der Waals surface area contributed by atoms with E-state index in [-0.39, 0.29) is 0 Å². The Balaban J connectivity index is 2.06. The molecule has 3 nitrogen and oxygen atoms in total. The van der Waals surface area contributed by atoms with Gasteiger partial charge in [-0.3, -0.25) is 0 Å². The summed E-state index contributed by atoms with van der Waals surface area (Å²) in [6, 6.07) is 8.38. The van der Waals surface area contributed by atoms with Crippen molar-refractivity contribution in [3.63, 3.8) is 0 Å². The number of hydrogen-bond acceptors (Lipinski definition) is 3. The Morgan fingerprint density at radius 1 is 1.35 bits per heavy atom. The van der Waals surface area contributed by atoms with Gasteiger partial charge < -0.3 is 9.73 Å². The highest BCUT2D eigenvalue weighted by Crippen LogP contribution is 2.16. The number of nitrogens with zero attached hydrogens (tertiary/aromatic N) is 1. The van der Waals surface area contributed by atoms with Crippen LogP contribution in [-0.2, 0) is 6.42 Å². The summed E-state index contributed by atoms with van der Waals surface area (Å²) in [6.45, 7) is 2.21. The summed E-state index contributed by atoms with van der Waals surface area (Å²) in [7, 11) is 2.00. The molecular weight excluding hydrogens is 212 g/mol. The van der Waals surface area contributed by atoms with Gasteiger partial charge in [0, 0.05) is 12.5 Å². The first kappa shape index (κ1) is 12.1. The van der Waals surface area contributed by atoms with Crippen molar-refractivity contribution >= 4 is 11.1 Å². The smallest absolute Gasteiger partial charge is 0.197 e. The SMILES string of the molecule is CCCCC(Cc1nc2ccccc2o1)NC. The minimum atomic E-state index is 0.461. The van der Waals surface area contributed by atoms with E-state index in [1.54, 1.807) is 0 Å². The Hall–Kier alpha value is -1.35. The second kappa shape index (κ2) is 5.82. The summed E-state index contributed by atoms with van der Waals surface area (Å²) in [5.41, 5.74) is 1.83. The first-order valence-electron chi connectivity index (χ1n) is 6.35. The lowest BCUT2D eigenvalue weighted by Gasteiger charge is -2.12. The number of benzene rings is 1. The Labute approximate surface area is 102 Å². The lowest BCUT2D eigenvalue weighted by molar-refractivity contribution is 0.437. The van der Waals surface area contributed by atoms with E-state index in [4.69, 9.17) is 4.42 Å². The molecule has 1 unspecified atom stereocenters. The molecule has 0 saturated carbocycles. The van der Waals surface area contributed by atoms with Crippen LogP contribution in [0, 0.1) is 0 Å². The molecule has 0 fully saturated rings. The normalized spacial score (nSPS) is 13.1. The summed E-state index contributed by atoms with van der Waals surface area (Å²) in [5, 5.41) is 3.33. The van der Waals surface area contributed by atoms with Gasteiger partial charge in [0.15, 0.2) is 11.5 Å². The molecule has 2 aromatic rings. The third kappa shape index (κ3) is 3.07. The van der Waals surface area contributed by atoms with E-state index in [0.29, 0.717) is 6.04 Å². The van der Waals surface area contributed by atoms with Crippen LogP contribution in [0.15, 0.2) is 28.7 Å². The zero-order chi connectivity index (χ0) is 12.1. The largest absolute Gasteiger partial charge is 0.441 e. The first-order chi connectivity index (χ1) is 8.33. The topological polar surface area (TPSA) is 38.1 Å². The molecular formula is C14H20N2O. The number of unbranched alkanes of at least 4 members (excludes halogenated alkanes) is 1. The number of hydrogen-bond donors (Lipinski definition) is 1. The van der Waals surface area contributed by atoms with Crippen molar-refractivity contribution in [3.05, 3.63) is 30.2 Å². The van der Waals surface area contributed by atoms with Crippen LogP contribution in [-0.4, -0.2) is 18.1 Å². The highest BCUT2D eigenvalue weighted by molar-refractivity contribution is 5.72. The molecule has 0 spiro atoms. The maximum Gasteiger partial charge on any atom is 0.197 e. The molecule has 2 rings (SSSR count). The standard InChI is InChI=1S/C14H20N2O/c1-3-4-7-11(15-2)10-14-16-12-8-5-6-9-13(12)17-14/h5-6,8-9,11,15H,3-4,7,10H2,1-2H3. The van der Waals surface area contributed by atoms with E-state index in [1.165, 1.54) is 19.3 Å². The fourth-order valence-corrected chi connectivity index (χ4v) is 2.02. The van der Waals surface area contributed by atoms with Crippen molar-refractivity contribution < 1.29 is 4.42 Å². The lowest BCUT2D eigenvalue weighted by Crippen LogP contribution is -2.27. The molecule has 1 N–H and O–H groups in total. The Morgan fingerprint density at radius 3 is 2.88 bits per heavy atom. The van der Waals surface area contributed by atoms with Crippen molar-refractivity contribution in [2.45, 2.75) is 38.6 Å². The van der Waals surface area contributed by atoms with Crippen LogP contribution in [0.3, 0.4) is 0 Å². The summed E-state index contributed by atoms with van der Waals surface area (Å²) in [4.78, 5) is 4.50. The molecule has 0 aliphatic carbocycles. The average Bonchev–Trinajstić information content (AvgIpc) is 2.76. The van der Waals surface area contributed by atoms with Crippen LogP contribution in [0.4, 0.5) is 0 Å². The van der Waals surface area contributed by atoms with Gasteiger partial charge in [0.25, 0.3) is 0 Å². The predicted octanol–water partition coefficient (Wildman–Crippen LogP) is 3.15. The molecule has 92 valence electrons. The molecule has 0 aliphatic rings. The Kier molecular flexibility index (Phi) is 4.15. The summed E-state index contributed by atoms with van der Waals surface area (Å²) in [6.07, 6.45) is 4.51. The predicted molar refractivity (Wildman–Crippen MR) is 70.1 cm³/mol. The number of likely N-dealkylation sites (N-methyl/N-ethyl adjacent to an activating group) is 1. The van der Waals surface area contributed by atoms with Gasteiger partial charge in [0.2, 0.25) is 0 Å². The third-order valence-corrected chi connectivity index (χ3v) is 3.07. The maximum atomic E-state index is 5.73. The van der Waals surface area contributed by atoms with Crippen molar-refractivity contribution in [2.24, 2.45) is 0 Å². The highest BCUT2D eigenvalue weighted by atomic mass is 16.3. The quantitative estimate of drug-likeness (QED) is 0.831. The molecule has 0 amide bonds. The fraction of sp³-hybridized carbons (Fsp3) is 0.500. The zero-order valence-electron chi connectivity index (χ0n) is 10.6. The van der Waals surface area contributed by atoms with Crippen molar-refractivity contribution in [2.75, 3.05) is 7.05 Å². The molecule has 3 heteroatoms. The summed E-state index contributed by atoms with van der Waals surface area (Å²) in [5.74, 6) is 0.835. The number of oxazole rings is 1. The minimum absolute atomic E-state index is 0.461. The number of fused-ring (bicyclic) bond motifs is 1. The number of rotatable bonds is 6. The lowest BCUT2D eigenvalue weighted by atomic mass is 10.1. The van der Waals surface area contributed by atoms with E-state index in [0.717, 1.165) is 23.4 Å². The van der Waals surface area contributed by atoms with E-state index in [2.05, 4.69) is 17.2 Å². The van der Waals surface area contributed by atoms with Crippen molar-refractivity contribution in [1.82, 2.24) is 10.3 Å². The van der Waals surface area contributed by atoms with Crippen LogP contribution >= 0.6 is 0 Å². The van der Waals surface area contributed by atoms with Gasteiger partial charge >= 0.3 is 0 Å². The average molecular weight is 232 g/mol. The van der Waals surface area contributed by atoms with Crippen molar-refractivity contribution in [3.8, 4) is 0 Å². The highest BCUT2D eigenvalue weighted by Gasteiger charge is 2.11. The van der Waals surface area contributed by atoms with Gasteiger partial charge in [0.1, 0.15) is 5.52 Å². The molecule has 1 atom stereocenters. The maximum absolute atomic E-state index is 5.73. The summed E-state index contributed by atoms with van der Waals surface area (Å²) >= 11 is 0. The molecule has 0 saturated heterocycles. The Morgan fingerprint density at radius 2 is 2.18 bits per heavy atom. The van der Waals surface area contributed by atoms with E-state index in [1.807, 2.05) is 31.3 Å². The van der Waals surface area contributed by atoms with Crippen LogP contribution in [0.5, 0.6) is 0 Å². The van der Waals surface area contributed by atoms with Gasteiger partial charge in [-0.05, 0) is 25.6 Å². The van der Waals surface area contributed by atoms with E-state index < -0.39 is 0 Å². The second-order valence-corrected chi connectivity index (χ2v) is 4.41. The van der Waals surface area contributed by atoms with Crippen LogP contribution < -0.4 is 5.32 Å². The number of para-hydroxylation sites is 2. The Bertz CT molecular complexity index is 431. The van der Waals surface area contributed by atoms with Crippen LogP contribution in [0.25, 0.3) is 11.1 Å². The fourth-order valence-electron chi connectivity index (χ4n) is 2.02. The van der Waals surface area contributed by atoms with Gasteiger partial charge in [-0.15, -0.1) is 0 Å². The van der Waals surface area contributed by atoms with E-state index in [9.17, 15) is 0 Å². The second-order valence-electron chi connectivity index (χ2n) is 4.41. The molecule has 0 aliphatic heterocycles. The minimum Gasteiger partial charge on any atom is -0.441 e. The van der Waals surface area contributed by atoms with Crippen LogP contribution in [0.2, 0.25) is 0 Å². The first-order valence-corrected chi connectivity index (χ1v) is 6.35. The molecule has 1 aromatic carbocycles. The van der Waals surface area contributed by atoms with Crippen LogP contribution in [0.1, 0.15) is 32.1 Å². The molecule has 1 aromatic heterocycles. The van der Waals surface area contributed by atoms with E-state index >= 15 is 0 Å². The van der Waals surface area contributed by atoms with Gasteiger partial charge in [-0.1, -0.05) is 31.9 Å². The zero-order valence-corrected chi connectivity index (χ0v) is 10.6. The third-order valence-electron chi connectivity index (χ3n) is 3.07. The van der Waals surface area contributed by atoms with Crippen molar-refractivity contribution in [1.29, 1.82) is 0 Å². The molecule has 1 heterocycles.